The Labute approximate surface area is 113 Å². The number of thiophene rings is 1. The molecule has 1 fully saturated rings. The lowest BCUT2D eigenvalue weighted by Gasteiger charge is -2.31. The maximum absolute atomic E-state index is 6.17. The molecule has 0 bridgehead atoms. The molecule has 1 aromatic heterocycles. The maximum atomic E-state index is 6.17. The van der Waals surface area contributed by atoms with E-state index in [0.29, 0.717) is 11.5 Å². The molecule has 2 atom stereocenters. The first-order valence-electron chi connectivity index (χ1n) is 6.14. The summed E-state index contributed by atoms with van der Waals surface area (Å²) in [4.78, 5) is 3.80. The Bertz CT molecular complexity index is 387. The summed E-state index contributed by atoms with van der Waals surface area (Å²) in [6.45, 7) is 8.99. The van der Waals surface area contributed by atoms with Gasteiger partial charge in [0.1, 0.15) is 0 Å². The Kier molecular flexibility index (Phi) is 3.83. The summed E-state index contributed by atoms with van der Waals surface area (Å²) < 4.78 is 0.851. The van der Waals surface area contributed by atoms with Crippen LogP contribution in [0.3, 0.4) is 0 Å². The summed E-state index contributed by atoms with van der Waals surface area (Å²) in [5.41, 5.74) is 6.58. The van der Waals surface area contributed by atoms with Crippen molar-refractivity contribution >= 4 is 22.9 Å². The SMILES string of the molecule is CC(N)C(c1ccc(Cl)s1)N1CCC(C)(C)C1. The number of nitrogens with zero attached hydrogens (tertiary/aromatic N) is 1. The number of hydrogen-bond donors (Lipinski definition) is 1. The Hall–Kier alpha value is -0.0900. The minimum Gasteiger partial charge on any atom is -0.326 e. The summed E-state index contributed by atoms with van der Waals surface area (Å²) >= 11 is 7.69. The van der Waals surface area contributed by atoms with Crippen LogP contribution < -0.4 is 5.73 Å². The van der Waals surface area contributed by atoms with E-state index in [1.54, 1.807) is 11.3 Å². The van der Waals surface area contributed by atoms with Crippen molar-refractivity contribution in [1.82, 2.24) is 4.90 Å². The smallest absolute Gasteiger partial charge is 0.0931 e. The molecule has 2 rings (SSSR count). The largest absolute Gasteiger partial charge is 0.326 e. The highest BCUT2D eigenvalue weighted by Gasteiger charge is 2.35. The number of halogens is 1. The van der Waals surface area contributed by atoms with Gasteiger partial charge in [-0.25, -0.2) is 0 Å². The summed E-state index contributed by atoms with van der Waals surface area (Å²) in [5, 5.41) is 0. The van der Waals surface area contributed by atoms with Gasteiger partial charge in [0.05, 0.1) is 10.4 Å². The van der Waals surface area contributed by atoms with E-state index in [1.807, 2.05) is 6.07 Å². The Balaban J connectivity index is 2.19. The van der Waals surface area contributed by atoms with Crippen molar-refractivity contribution in [3.8, 4) is 0 Å². The molecule has 0 saturated carbocycles. The Morgan fingerprint density at radius 3 is 2.59 bits per heavy atom. The van der Waals surface area contributed by atoms with Gasteiger partial charge < -0.3 is 5.73 Å². The van der Waals surface area contributed by atoms with Crippen molar-refractivity contribution in [2.75, 3.05) is 13.1 Å². The van der Waals surface area contributed by atoms with Gasteiger partial charge in [0.2, 0.25) is 0 Å². The lowest BCUT2D eigenvalue weighted by atomic mass is 9.93. The second-order valence-electron chi connectivity index (χ2n) is 5.83. The van der Waals surface area contributed by atoms with Crippen LogP contribution in [0.4, 0.5) is 0 Å². The highest BCUT2D eigenvalue weighted by Crippen LogP contribution is 2.38. The van der Waals surface area contributed by atoms with Gasteiger partial charge in [0, 0.05) is 17.5 Å². The fraction of sp³-hybridized carbons (Fsp3) is 0.692. The van der Waals surface area contributed by atoms with E-state index in [0.717, 1.165) is 17.4 Å². The number of likely N-dealkylation sites (tertiary alicyclic amines) is 1. The molecule has 2 N–H and O–H groups in total. The summed E-state index contributed by atoms with van der Waals surface area (Å²) in [7, 11) is 0. The van der Waals surface area contributed by atoms with E-state index in [1.165, 1.54) is 11.3 Å². The summed E-state index contributed by atoms with van der Waals surface area (Å²) in [5.74, 6) is 0. The van der Waals surface area contributed by atoms with Crippen molar-refractivity contribution in [1.29, 1.82) is 0 Å². The van der Waals surface area contributed by atoms with Crippen LogP contribution in [0.1, 0.15) is 38.1 Å². The summed E-state index contributed by atoms with van der Waals surface area (Å²) in [6, 6.07) is 4.54. The van der Waals surface area contributed by atoms with E-state index in [4.69, 9.17) is 17.3 Å². The third kappa shape index (κ3) is 3.02. The van der Waals surface area contributed by atoms with Crippen LogP contribution in [-0.2, 0) is 0 Å². The van der Waals surface area contributed by atoms with Gasteiger partial charge in [-0.1, -0.05) is 25.4 Å². The van der Waals surface area contributed by atoms with Gasteiger partial charge in [0.15, 0.2) is 0 Å². The lowest BCUT2D eigenvalue weighted by Crippen LogP contribution is -2.38. The molecule has 0 spiro atoms. The van der Waals surface area contributed by atoms with E-state index in [2.05, 4.69) is 31.7 Å². The van der Waals surface area contributed by atoms with Crippen LogP contribution in [0.2, 0.25) is 4.34 Å². The lowest BCUT2D eigenvalue weighted by molar-refractivity contribution is 0.200. The number of nitrogens with two attached hydrogens (primary N) is 1. The average Bonchev–Trinajstić information content (AvgIpc) is 2.73. The van der Waals surface area contributed by atoms with Gasteiger partial charge in [0.25, 0.3) is 0 Å². The first kappa shape index (κ1) is 13.3. The molecule has 1 aliphatic heterocycles. The molecule has 0 amide bonds. The second-order valence-corrected chi connectivity index (χ2v) is 7.58. The molecule has 2 unspecified atom stereocenters. The molecule has 2 nitrogen and oxygen atoms in total. The normalized spacial score (nSPS) is 23.8. The first-order chi connectivity index (χ1) is 7.89. The molecule has 2 heterocycles. The predicted molar refractivity (Wildman–Crippen MR) is 75.7 cm³/mol. The monoisotopic (exact) mass is 272 g/mol. The van der Waals surface area contributed by atoms with Gasteiger partial charge in [-0.2, -0.15) is 0 Å². The molecular formula is C13H21ClN2S. The Morgan fingerprint density at radius 2 is 2.18 bits per heavy atom. The van der Waals surface area contributed by atoms with Gasteiger partial charge in [-0.3, -0.25) is 4.90 Å². The van der Waals surface area contributed by atoms with Crippen molar-refractivity contribution in [2.45, 2.75) is 39.3 Å². The summed E-state index contributed by atoms with van der Waals surface area (Å²) in [6.07, 6.45) is 1.25. The van der Waals surface area contributed by atoms with Crippen molar-refractivity contribution in [2.24, 2.45) is 11.1 Å². The fourth-order valence-electron chi connectivity index (χ4n) is 2.65. The zero-order valence-corrected chi connectivity index (χ0v) is 12.3. The molecule has 0 aliphatic carbocycles. The van der Waals surface area contributed by atoms with Crippen molar-refractivity contribution < 1.29 is 0 Å². The van der Waals surface area contributed by atoms with Gasteiger partial charge in [-0.05, 0) is 37.4 Å². The molecular weight excluding hydrogens is 252 g/mol. The molecule has 1 aromatic rings. The van der Waals surface area contributed by atoms with Crippen molar-refractivity contribution in [3.05, 3.63) is 21.3 Å². The third-order valence-corrected chi connectivity index (χ3v) is 4.79. The quantitative estimate of drug-likeness (QED) is 0.912. The van der Waals surface area contributed by atoms with Crippen LogP contribution >= 0.6 is 22.9 Å². The third-order valence-electron chi connectivity index (χ3n) is 3.48. The van der Waals surface area contributed by atoms with E-state index in [-0.39, 0.29) is 6.04 Å². The van der Waals surface area contributed by atoms with Crippen LogP contribution in [0.15, 0.2) is 12.1 Å². The van der Waals surface area contributed by atoms with Crippen molar-refractivity contribution in [3.63, 3.8) is 0 Å². The predicted octanol–water partition coefficient (Wildman–Crippen LogP) is 3.52. The standard InChI is InChI=1S/C13H21ClN2S/c1-9(15)12(10-4-5-11(14)17-10)16-7-6-13(2,3)8-16/h4-5,9,12H,6-8,15H2,1-3H3. The second kappa shape index (κ2) is 4.88. The molecule has 1 aliphatic rings. The molecule has 96 valence electrons. The molecule has 1 saturated heterocycles. The van der Waals surface area contributed by atoms with Crippen LogP contribution in [0, 0.1) is 5.41 Å². The van der Waals surface area contributed by atoms with E-state index >= 15 is 0 Å². The molecule has 0 radical (unpaired) electrons. The Morgan fingerprint density at radius 1 is 1.47 bits per heavy atom. The minimum absolute atomic E-state index is 0.138. The van der Waals surface area contributed by atoms with Crippen LogP contribution in [0.5, 0.6) is 0 Å². The first-order valence-corrected chi connectivity index (χ1v) is 7.33. The average molecular weight is 273 g/mol. The number of hydrogen-bond acceptors (Lipinski definition) is 3. The zero-order valence-electron chi connectivity index (χ0n) is 10.7. The maximum Gasteiger partial charge on any atom is 0.0931 e. The zero-order chi connectivity index (χ0) is 12.6. The topological polar surface area (TPSA) is 29.3 Å². The fourth-order valence-corrected chi connectivity index (χ4v) is 3.96. The van der Waals surface area contributed by atoms with Gasteiger partial charge >= 0.3 is 0 Å². The van der Waals surface area contributed by atoms with Crippen LogP contribution in [0.25, 0.3) is 0 Å². The van der Waals surface area contributed by atoms with E-state index in [9.17, 15) is 0 Å². The highest BCUT2D eigenvalue weighted by atomic mass is 35.5. The number of rotatable bonds is 3. The molecule has 17 heavy (non-hydrogen) atoms. The molecule has 0 aromatic carbocycles. The minimum atomic E-state index is 0.138. The molecule has 4 heteroatoms. The highest BCUT2D eigenvalue weighted by molar-refractivity contribution is 7.16. The van der Waals surface area contributed by atoms with E-state index < -0.39 is 0 Å². The van der Waals surface area contributed by atoms with Crippen LogP contribution in [-0.4, -0.2) is 24.0 Å². The van der Waals surface area contributed by atoms with Gasteiger partial charge in [-0.15, -0.1) is 11.3 Å².